The first-order chi connectivity index (χ1) is 10.9. The van der Waals surface area contributed by atoms with Crippen molar-refractivity contribution in [2.75, 3.05) is 0 Å². The number of rotatable bonds is 7. The molecule has 2 aliphatic carbocycles. The molecule has 0 bridgehead atoms. The smallest absolute Gasteiger partial charge is 0.307 e. The second kappa shape index (κ2) is 7.15. The van der Waals surface area contributed by atoms with E-state index >= 15 is 0 Å². The van der Waals surface area contributed by atoms with Gasteiger partial charge in [0.2, 0.25) is 0 Å². The van der Waals surface area contributed by atoms with E-state index in [1.54, 1.807) is 0 Å². The molecule has 6 nitrogen and oxygen atoms in total. The van der Waals surface area contributed by atoms with E-state index in [1.807, 2.05) is 0 Å². The van der Waals surface area contributed by atoms with E-state index in [-0.39, 0.29) is 6.10 Å². The Morgan fingerprint density at radius 1 is 1.00 bits per heavy atom. The number of carbonyl (C=O) groups excluding carboxylic acids is 3. The summed E-state index contributed by atoms with van der Waals surface area (Å²) in [6, 6.07) is 0. The summed E-state index contributed by atoms with van der Waals surface area (Å²) in [6.07, 6.45) is 5.33. The Morgan fingerprint density at radius 3 is 2.00 bits per heavy atom. The van der Waals surface area contributed by atoms with Crippen LogP contribution in [-0.4, -0.2) is 24.0 Å². The molecule has 0 aromatic heterocycles. The van der Waals surface area contributed by atoms with E-state index in [9.17, 15) is 24.6 Å². The fraction of sp³-hybridized carbons (Fsp3) is 0.706. The highest BCUT2D eigenvalue weighted by Crippen LogP contribution is 2.47. The van der Waals surface area contributed by atoms with Gasteiger partial charge in [0.1, 0.15) is 6.10 Å². The zero-order chi connectivity index (χ0) is 17.0. The van der Waals surface area contributed by atoms with Gasteiger partial charge in [-0.2, -0.15) is 0 Å². The van der Waals surface area contributed by atoms with Gasteiger partial charge in [0.15, 0.2) is 0 Å². The summed E-state index contributed by atoms with van der Waals surface area (Å²) in [5.74, 6) is -4.43. The number of hydrogen-bond donors (Lipinski definition) is 0. The molecule has 2 aliphatic rings. The topological polar surface area (TPSA) is 107 Å². The van der Waals surface area contributed by atoms with Crippen LogP contribution in [0.15, 0.2) is 12.2 Å². The summed E-state index contributed by atoms with van der Waals surface area (Å²) < 4.78 is 5.32. The second-order valence-electron chi connectivity index (χ2n) is 6.58. The van der Waals surface area contributed by atoms with Gasteiger partial charge in [-0.15, -0.1) is 0 Å². The maximum atomic E-state index is 12.2. The summed E-state index contributed by atoms with van der Waals surface area (Å²) in [4.78, 5) is 35.4. The monoisotopic (exact) mass is 322 g/mol. The SMILES string of the molecule is C=C(C(=O)[O-])C(CC(=O)OC1CCCC1)(C(=O)[O-])C1CCCC1. The zero-order valence-corrected chi connectivity index (χ0v) is 13.2. The van der Waals surface area contributed by atoms with E-state index in [0.29, 0.717) is 12.8 Å². The Balaban J connectivity index is 2.23. The normalized spacial score (nSPS) is 21.7. The molecule has 2 saturated carbocycles. The lowest BCUT2D eigenvalue weighted by atomic mass is 9.67. The average molecular weight is 322 g/mol. The van der Waals surface area contributed by atoms with Gasteiger partial charge in [-0.05, 0) is 50.0 Å². The molecule has 0 aromatic carbocycles. The average Bonchev–Trinajstić information content (AvgIpc) is 3.16. The van der Waals surface area contributed by atoms with Crippen LogP contribution in [0.1, 0.15) is 57.8 Å². The fourth-order valence-electron chi connectivity index (χ4n) is 3.92. The van der Waals surface area contributed by atoms with Crippen LogP contribution in [0.3, 0.4) is 0 Å². The van der Waals surface area contributed by atoms with Crippen molar-refractivity contribution in [3.63, 3.8) is 0 Å². The van der Waals surface area contributed by atoms with Crippen molar-refractivity contribution in [1.29, 1.82) is 0 Å². The van der Waals surface area contributed by atoms with Crippen LogP contribution in [0.5, 0.6) is 0 Å². The number of carboxylic acid groups (broad SMARTS) is 2. The van der Waals surface area contributed by atoms with Crippen LogP contribution in [0, 0.1) is 11.3 Å². The molecule has 6 heteroatoms. The molecule has 2 rings (SSSR count). The fourth-order valence-corrected chi connectivity index (χ4v) is 3.92. The van der Waals surface area contributed by atoms with E-state index in [0.717, 1.165) is 38.5 Å². The lowest BCUT2D eigenvalue weighted by molar-refractivity contribution is -0.324. The van der Waals surface area contributed by atoms with Gasteiger partial charge in [0.25, 0.3) is 0 Å². The summed E-state index contributed by atoms with van der Waals surface area (Å²) in [6.45, 7) is 3.39. The molecule has 0 saturated heterocycles. The van der Waals surface area contributed by atoms with Gasteiger partial charge in [0, 0.05) is 5.41 Å². The molecule has 0 amide bonds. The van der Waals surface area contributed by atoms with Gasteiger partial charge < -0.3 is 24.5 Å². The molecule has 0 spiro atoms. The van der Waals surface area contributed by atoms with Crippen LogP contribution in [0.25, 0.3) is 0 Å². The van der Waals surface area contributed by atoms with Crippen molar-refractivity contribution < 1.29 is 29.3 Å². The molecule has 0 aromatic rings. The molecule has 23 heavy (non-hydrogen) atoms. The number of hydrogen-bond acceptors (Lipinski definition) is 6. The lowest BCUT2D eigenvalue weighted by Crippen LogP contribution is -2.52. The van der Waals surface area contributed by atoms with E-state index in [1.165, 1.54) is 0 Å². The van der Waals surface area contributed by atoms with Crippen molar-refractivity contribution in [2.24, 2.45) is 11.3 Å². The summed E-state index contributed by atoms with van der Waals surface area (Å²) in [5.41, 5.74) is -2.53. The Hall–Kier alpha value is -1.85. The third-order valence-corrected chi connectivity index (χ3v) is 5.22. The second-order valence-corrected chi connectivity index (χ2v) is 6.58. The molecule has 0 heterocycles. The predicted octanol–water partition coefficient (Wildman–Crippen LogP) is 0.0949. The quantitative estimate of drug-likeness (QED) is 0.486. The Labute approximate surface area is 135 Å². The first-order valence-electron chi connectivity index (χ1n) is 8.19. The van der Waals surface area contributed by atoms with Crippen molar-refractivity contribution in [1.82, 2.24) is 0 Å². The Kier molecular flexibility index (Phi) is 5.44. The molecule has 2 fully saturated rings. The predicted molar refractivity (Wildman–Crippen MR) is 76.5 cm³/mol. The van der Waals surface area contributed by atoms with Gasteiger partial charge in [-0.1, -0.05) is 19.4 Å². The molecular formula is C17H22O6-2. The largest absolute Gasteiger partial charge is 0.549 e. The maximum absolute atomic E-state index is 12.2. The standard InChI is InChI=1S/C17H24O6/c1-11(15(19)20)17(16(21)22,12-6-2-3-7-12)10-14(18)23-13-8-4-5-9-13/h12-13H,1-10H2,(H,19,20)(H,21,22)/p-2. The minimum absolute atomic E-state index is 0.207. The number of carbonyl (C=O) groups is 3. The molecule has 0 N–H and O–H groups in total. The van der Waals surface area contributed by atoms with E-state index < -0.39 is 41.2 Å². The highest BCUT2D eigenvalue weighted by Gasteiger charge is 2.46. The first kappa shape index (κ1) is 17.5. The van der Waals surface area contributed by atoms with E-state index in [2.05, 4.69) is 6.58 Å². The van der Waals surface area contributed by atoms with Gasteiger partial charge in [-0.25, -0.2) is 0 Å². The molecule has 0 radical (unpaired) electrons. The molecule has 0 aliphatic heterocycles. The van der Waals surface area contributed by atoms with Crippen molar-refractivity contribution in [2.45, 2.75) is 63.9 Å². The minimum Gasteiger partial charge on any atom is -0.549 e. The van der Waals surface area contributed by atoms with Crippen LogP contribution in [-0.2, 0) is 19.1 Å². The number of carboxylic acids is 2. The van der Waals surface area contributed by atoms with Gasteiger partial charge >= 0.3 is 5.97 Å². The highest BCUT2D eigenvalue weighted by atomic mass is 16.5. The minimum atomic E-state index is -1.94. The van der Waals surface area contributed by atoms with Crippen LogP contribution in [0.2, 0.25) is 0 Å². The number of esters is 1. The van der Waals surface area contributed by atoms with Crippen LogP contribution in [0.4, 0.5) is 0 Å². The Morgan fingerprint density at radius 2 is 1.52 bits per heavy atom. The van der Waals surface area contributed by atoms with Crippen LogP contribution < -0.4 is 10.2 Å². The molecular weight excluding hydrogens is 300 g/mol. The van der Waals surface area contributed by atoms with Crippen LogP contribution >= 0.6 is 0 Å². The maximum Gasteiger partial charge on any atom is 0.307 e. The number of ether oxygens (including phenoxy) is 1. The molecule has 1 atom stereocenters. The van der Waals surface area contributed by atoms with Gasteiger partial charge in [0.05, 0.1) is 18.4 Å². The van der Waals surface area contributed by atoms with Crippen molar-refractivity contribution in [3.8, 4) is 0 Å². The summed E-state index contributed by atoms with van der Waals surface area (Å²) in [5, 5.41) is 23.1. The highest BCUT2D eigenvalue weighted by molar-refractivity contribution is 5.97. The molecule has 128 valence electrons. The van der Waals surface area contributed by atoms with Gasteiger partial charge in [-0.3, -0.25) is 4.79 Å². The lowest BCUT2D eigenvalue weighted by Gasteiger charge is -2.41. The first-order valence-corrected chi connectivity index (χ1v) is 8.19. The third kappa shape index (κ3) is 3.57. The number of aliphatic carboxylic acids is 2. The summed E-state index contributed by atoms with van der Waals surface area (Å²) in [7, 11) is 0. The van der Waals surface area contributed by atoms with E-state index in [4.69, 9.17) is 4.74 Å². The van der Waals surface area contributed by atoms with Crippen molar-refractivity contribution in [3.05, 3.63) is 12.2 Å². The van der Waals surface area contributed by atoms with Crippen molar-refractivity contribution >= 4 is 17.9 Å². The molecule has 1 unspecified atom stereocenters. The zero-order valence-electron chi connectivity index (χ0n) is 13.2. The summed E-state index contributed by atoms with van der Waals surface area (Å²) >= 11 is 0. The third-order valence-electron chi connectivity index (χ3n) is 5.22. The Bertz CT molecular complexity index is 499.